The van der Waals surface area contributed by atoms with Gasteiger partial charge in [0.25, 0.3) is 0 Å². The van der Waals surface area contributed by atoms with Crippen LogP contribution in [0.15, 0.2) is 0 Å². The number of unbranched alkanes of at least 4 members (excludes halogenated alkanes) is 10. The average Bonchev–Trinajstić information content (AvgIpc) is 3.21. The summed E-state index contributed by atoms with van der Waals surface area (Å²) in [5.41, 5.74) is 1.54. The Balaban J connectivity index is -0.0000000450. The van der Waals surface area contributed by atoms with Gasteiger partial charge in [-0.1, -0.05) is 385 Å². The van der Waals surface area contributed by atoms with Crippen LogP contribution in [0, 0.1) is 51.8 Å². The summed E-state index contributed by atoms with van der Waals surface area (Å²) in [7, 11) is 0. The van der Waals surface area contributed by atoms with Gasteiger partial charge in [0, 0.05) is 4.11 Å². The Morgan fingerprint density at radius 3 is 0.530 bits per heavy atom. The van der Waals surface area contributed by atoms with Crippen LogP contribution in [0.3, 0.4) is 0 Å². The molecular formula is C66H158. The molecule has 0 aromatic rings. The third kappa shape index (κ3) is 348. The van der Waals surface area contributed by atoms with Crippen molar-refractivity contribution in [3.05, 3.63) is 0 Å². The Hall–Kier alpha value is 0. The van der Waals surface area contributed by atoms with Crippen LogP contribution in [0.25, 0.3) is 0 Å². The highest BCUT2D eigenvalue weighted by Crippen LogP contribution is 2.23. The van der Waals surface area contributed by atoms with Crippen LogP contribution in [0.2, 0.25) is 0 Å². The van der Waals surface area contributed by atoms with Gasteiger partial charge in [0.1, 0.15) is 0 Å². The number of rotatable bonds is 13. The van der Waals surface area contributed by atoms with Crippen molar-refractivity contribution in [1.82, 2.24) is 0 Å². The smallest absolute Gasteiger partial charge is 0.0230 e. The summed E-state index contributed by atoms with van der Waals surface area (Å²) in [6, 6.07) is 0. The SMILES string of the molecule is CC(C)(C)C.CC(C)C.CC(C)C(C)(C)C.CC(C)C(C)C.CCC.CCC(C)(C)C.CCC(C)C.CCC(C)C.CCCC.CCCCC.CCCCCC.CCCCCCC.[2H]C([2H])([2H])CC. The third-order valence-corrected chi connectivity index (χ3v) is 9.13. The maximum absolute atomic E-state index is 6.51. The zero-order valence-corrected chi connectivity index (χ0v) is 55.9. The first-order valence-corrected chi connectivity index (χ1v) is 29.6. The molecule has 0 fully saturated rings. The van der Waals surface area contributed by atoms with Crippen molar-refractivity contribution in [3.8, 4) is 0 Å². The van der Waals surface area contributed by atoms with Gasteiger partial charge in [0.05, 0.1) is 0 Å². The molecule has 0 bridgehead atoms. The largest absolute Gasteiger partial charge is 0.0656 e. The van der Waals surface area contributed by atoms with Gasteiger partial charge in [-0.15, -0.1) is 0 Å². The first-order chi connectivity index (χ1) is 31.1. The van der Waals surface area contributed by atoms with Crippen LogP contribution in [0.4, 0.5) is 0 Å². The molecule has 0 unspecified atom stereocenters. The van der Waals surface area contributed by atoms with E-state index in [2.05, 4.69) is 249 Å². The minimum absolute atomic E-state index is 0.271. The van der Waals surface area contributed by atoms with Gasteiger partial charge in [-0.2, -0.15) is 0 Å². The molecule has 0 aliphatic carbocycles. The Morgan fingerprint density at radius 2 is 0.485 bits per heavy atom. The van der Waals surface area contributed by atoms with Crippen molar-refractivity contribution >= 4 is 0 Å². The zero-order chi connectivity index (χ0) is 58.9. The van der Waals surface area contributed by atoms with Gasteiger partial charge in [0.2, 0.25) is 0 Å². The molecule has 0 aliphatic rings. The van der Waals surface area contributed by atoms with Crippen LogP contribution in [-0.2, 0) is 0 Å². The lowest BCUT2D eigenvalue weighted by Crippen LogP contribution is -2.12. The maximum atomic E-state index is 6.51. The summed E-state index contributed by atoms with van der Waals surface area (Å²) in [6.45, 7) is 79.6. The lowest BCUT2D eigenvalue weighted by Gasteiger charge is -2.22. The van der Waals surface area contributed by atoms with E-state index in [9.17, 15) is 0 Å². The molecule has 0 aromatic carbocycles. The molecule has 0 aromatic heterocycles. The van der Waals surface area contributed by atoms with Crippen LogP contribution >= 0.6 is 0 Å². The predicted molar refractivity (Wildman–Crippen MR) is 332 cm³/mol. The van der Waals surface area contributed by atoms with E-state index in [1.807, 2.05) is 0 Å². The molecule has 0 aliphatic heterocycles. The molecule has 0 spiro atoms. The van der Waals surface area contributed by atoms with Gasteiger partial charge < -0.3 is 0 Å². The van der Waals surface area contributed by atoms with Crippen molar-refractivity contribution in [2.45, 2.75) is 385 Å². The molecule has 0 atom stereocenters. The molecule has 0 radical (unpaired) electrons. The molecule has 0 saturated heterocycles. The fourth-order valence-corrected chi connectivity index (χ4v) is 1.53. The van der Waals surface area contributed by atoms with E-state index in [-0.39, 0.29) is 6.42 Å². The summed E-state index contributed by atoms with van der Waals surface area (Å²) in [5, 5.41) is 0. The van der Waals surface area contributed by atoms with Crippen molar-refractivity contribution in [1.29, 1.82) is 0 Å². The van der Waals surface area contributed by atoms with Crippen molar-refractivity contribution < 1.29 is 4.11 Å². The quantitative estimate of drug-likeness (QED) is 0.161. The molecular weight excluding hydrogens is 793 g/mol. The van der Waals surface area contributed by atoms with Gasteiger partial charge in [0.15, 0.2) is 0 Å². The van der Waals surface area contributed by atoms with Gasteiger partial charge in [-0.05, 0) is 51.8 Å². The van der Waals surface area contributed by atoms with Gasteiger partial charge in [-0.3, -0.25) is 0 Å². The van der Waals surface area contributed by atoms with Crippen LogP contribution in [0.1, 0.15) is 389 Å². The van der Waals surface area contributed by atoms with E-state index < -0.39 is 6.85 Å². The molecule has 0 saturated carbocycles. The summed E-state index contributed by atoms with van der Waals surface area (Å²) < 4.78 is 19.5. The fourth-order valence-electron chi connectivity index (χ4n) is 1.53. The minimum Gasteiger partial charge on any atom is -0.0656 e. The Bertz CT molecular complexity index is 643. The molecule has 0 amide bonds. The normalized spacial score (nSPS) is 10.7. The molecule has 0 N–H and O–H groups in total. The number of hydrogen-bond acceptors (Lipinski definition) is 0. The Morgan fingerprint density at radius 1 is 0.333 bits per heavy atom. The minimum atomic E-state index is -1.71. The first kappa shape index (κ1) is 88.9. The molecule has 66 heavy (non-hydrogen) atoms. The van der Waals surface area contributed by atoms with E-state index in [0.29, 0.717) is 16.2 Å². The van der Waals surface area contributed by atoms with E-state index in [4.69, 9.17) is 4.11 Å². The van der Waals surface area contributed by atoms with Crippen molar-refractivity contribution in [2.75, 3.05) is 0 Å². The first-order valence-electron chi connectivity index (χ1n) is 31.1. The zero-order valence-electron chi connectivity index (χ0n) is 58.9. The van der Waals surface area contributed by atoms with Crippen molar-refractivity contribution in [2.24, 2.45) is 51.8 Å². The van der Waals surface area contributed by atoms with E-state index >= 15 is 0 Å². The fraction of sp³-hybridized carbons (Fsp3) is 1.00. The highest BCUT2D eigenvalue weighted by molar-refractivity contribution is 4.64. The molecule has 0 heterocycles. The number of hydrogen-bond donors (Lipinski definition) is 0. The Labute approximate surface area is 439 Å². The van der Waals surface area contributed by atoms with Gasteiger partial charge in [-0.25, -0.2) is 0 Å². The maximum Gasteiger partial charge on any atom is 0.0230 e. The predicted octanol–water partition coefficient (Wildman–Crippen LogP) is 27.6. The summed E-state index contributed by atoms with van der Waals surface area (Å²) in [5.74, 6) is 5.10. The second kappa shape index (κ2) is 88.0. The molecule has 0 rings (SSSR count). The van der Waals surface area contributed by atoms with E-state index in [0.717, 1.165) is 35.5 Å². The standard InChI is InChI=1S/2C7H16.3C6H14.4C5H12.2C4H10.2C3H8/c1-6(2)7(3,4)5;1-3-5-7-6-4-2;1-5-6(2,3)4;1-5(2)6(3)4;1-3-5-6-4-2;1-5(2,3)4;2*1-4-5(2)3;1-3-5-4-2;1-4(2)3;1-3-4-2;2*1-3-2/h6H,1-5H3;3-7H2,1-2H3;5H2,1-4H3;5-6H,1-4H3;3-6H2,1-2H3;1-4H3;2*5H,4H2,1-3H3;3-5H2,1-2H3;4H,1-3H3;3-4H2,1-2H3;2*3H2,1-2H3/i;;;;;;;;;;;1D3;. The lowest BCUT2D eigenvalue weighted by atomic mass is 9.84. The van der Waals surface area contributed by atoms with Gasteiger partial charge >= 0.3 is 0 Å². The topological polar surface area (TPSA) is 0 Å². The van der Waals surface area contributed by atoms with Crippen LogP contribution < -0.4 is 0 Å². The second-order valence-corrected chi connectivity index (χ2v) is 24.4. The van der Waals surface area contributed by atoms with Crippen molar-refractivity contribution in [3.63, 3.8) is 0 Å². The summed E-state index contributed by atoms with van der Waals surface area (Å²) >= 11 is 0. The molecule has 0 nitrogen and oxygen atoms in total. The van der Waals surface area contributed by atoms with E-state index in [1.165, 1.54) is 116 Å². The highest BCUT2D eigenvalue weighted by atomic mass is 14.2. The lowest BCUT2D eigenvalue weighted by molar-refractivity contribution is 0.283. The summed E-state index contributed by atoms with van der Waals surface area (Å²) in [6.07, 6.45) is 24.7. The molecule has 422 valence electrons. The van der Waals surface area contributed by atoms with Crippen LogP contribution in [0.5, 0.6) is 0 Å². The Kier molecular flexibility index (Phi) is 119. The van der Waals surface area contributed by atoms with Crippen LogP contribution in [-0.4, -0.2) is 0 Å². The monoisotopic (exact) mass is 954 g/mol. The summed E-state index contributed by atoms with van der Waals surface area (Å²) in [4.78, 5) is 0. The molecule has 0 heteroatoms. The highest BCUT2D eigenvalue weighted by Gasteiger charge is 2.13. The van der Waals surface area contributed by atoms with E-state index in [1.54, 1.807) is 6.92 Å². The second-order valence-electron chi connectivity index (χ2n) is 24.4. The third-order valence-electron chi connectivity index (χ3n) is 9.13. The average molecular weight is 955 g/mol.